The average Bonchev–Trinajstić information content (AvgIpc) is 2.73. The summed E-state index contributed by atoms with van der Waals surface area (Å²) in [5.74, 6) is 0. The van der Waals surface area contributed by atoms with Crippen molar-refractivity contribution >= 4 is 54.5 Å². The highest BCUT2D eigenvalue weighted by Gasteiger charge is 2.13. The van der Waals surface area contributed by atoms with Crippen molar-refractivity contribution < 1.29 is 0 Å². The lowest BCUT2D eigenvalue weighted by Crippen LogP contribution is -1.83. The zero-order chi connectivity index (χ0) is 10.1. The molecule has 0 bridgehead atoms. The summed E-state index contributed by atoms with van der Waals surface area (Å²) in [4.78, 5) is 3.06. The molecule has 1 atom stereocenters. The minimum absolute atomic E-state index is 0.345. The van der Waals surface area contributed by atoms with Crippen LogP contribution in [0.3, 0.4) is 0 Å². The minimum Gasteiger partial charge on any atom is -0.147 e. The average molecular weight is 352 g/mol. The Balaban J connectivity index is 2.28. The molecule has 0 radical (unpaired) electrons. The van der Waals surface area contributed by atoms with E-state index in [0.29, 0.717) is 4.83 Å². The normalized spacial score (nSPS) is 13.1. The standard InChI is InChI=1S/C10H8Br2S2/c1-6-4-8(13-5-6)10(12)7-2-3-9(11)14-7/h2-5,10H,1H3. The molecule has 0 fully saturated rings. The molecular weight excluding hydrogens is 344 g/mol. The number of aryl methyl sites for hydroxylation is 1. The fourth-order valence-corrected chi connectivity index (χ4v) is 4.47. The van der Waals surface area contributed by atoms with E-state index < -0.39 is 0 Å². The van der Waals surface area contributed by atoms with Crippen molar-refractivity contribution in [3.05, 3.63) is 42.7 Å². The first kappa shape index (κ1) is 10.9. The fraction of sp³-hybridized carbons (Fsp3) is 0.200. The molecule has 2 heterocycles. The van der Waals surface area contributed by atoms with Crippen LogP contribution in [0.2, 0.25) is 0 Å². The lowest BCUT2D eigenvalue weighted by Gasteiger charge is -2.03. The van der Waals surface area contributed by atoms with Gasteiger partial charge in [0.15, 0.2) is 0 Å². The van der Waals surface area contributed by atoms with E-state index in [1.165, 1.54) is 19.1 Å². The molecule has 0 aliphatic carbocycles. The third-order valence-electron chi connectivity index (χ3n) is 1.84. The van der Waals surface area contributed by atoms with E-state index in [2.05, 4.69) is 62.4 Å². The van der Waals surface area contributed by atoms with E-state index in [0.717, 1.165) is 0 Å². The lowest BCUT2D eigenvalue weighted by molar-refractivity contribution is 1.28. The van der Waals surface area contributed by atoms with Crippen molar-refractivity contribution in [2.24, 2.45) is 0 Å². The van der Waals surface area contributed by atoms with Gasteiger partial charge in [0.1, 0.15) is 0 Å². The predicted molar refractivity (Wildman–Crippen MR) is 71.8 cm³/mol. The summed E-state index contributed by atoms with van der Waals surface area (Å²) >= 11 is 10.8. The number of rotatable bonds is 2. The number of thiophene rings is 2. The smallest absolute Gasteiger partial charge is 0.0831 e. The van der Waals surface area contributed by atoms with Crippen LogP contribution < -0.4 is 0 Å². The third-order valence-corrected chi connectivity index (χ3v) is 6.24. The van der Waals surface area contributed by atoms with Gasteiger partial charge in [0.05, 0.1) is 8.61 Å². The minimum atomic E-state index is 0.345. The summed E-state index contributed by atoms with van der Waals surface area (Å²) < 4.78 is 1.19. The molecular formula is C10H8Br2S2. The monoisotopic (exact) mass is 350 g/mol. The van der Waals surface area contributed by atoms with Crippen LogP contribution >= 0.6 is 54.5 Å². The summed E-state index contributed by atoms with van der Waals surface area (Å²) in [6.45, 7) is 2.13. The van der Waals surface area contributed by atoms with Crippen LogP contribution in [0.5, 0.6) is 0 Å². The van der Waals surface area contributed by atoms with Crippen LogP contribution in [0.15, 0.2) is 27.4 Å². The summed E-state index contributed by atoms with van der Waals surface area (Å²) in [6, 6.07) is 6.48. The Morgan fingerprint density at radius 3 is 2.57 bits per heavy atom. The van der Waals surface area contributed by atoms with Crippen molar-refractivity contribution in [2.75, 3.05) is 0 Å². The molecule has 2 rings (SSSR count). The maximum absolute atomic E-state index is 3.72. The van der Waals surface area contributed by atoms with E-state index in [1.807, 2.05) is 0 Å². The molecule has 0 nitrogen and oxygen atoms in total. The van der Waals surface area contributed by atoms with Crippen molar-refractivity contribution in [2.45, 2.75) is 11.8 Å². The van der Waals surface area contributed by atoms with Gasteiger partial charge < -0.3 is 0 Å². The first-order valence-corrected chi connectivity index (χ1v) is 7.51. The van der Waals surface area contributed by atoms with Gasteiger partial charge in [-0.25, -0.2) is 0 Å². The summed E-state index contributed by atoms with van der Waals surface area (Å²) in [5, 5.41) is 2.19. The Morgan fingerprint density at radius 2 is 2.07 bits per heavy atom. The zero-order valence-corrected chi connectivity index (χ0v) is 12.3. The van der Waals surface area contributed by atoms with Gasteiger partial charge in [0, 0.05) is 9.75 Å². The molecule has 0 aromatic carbocycles. The third kappa shape index (κ3) is 2.30. The second-order valence-electron chi connectivity index (χ2n) is 3.03. The van der Waals surface area contributed by atoms with Crippen LogP contribution in [0.1, 0.15) is 20.1 Å². The molecule has 1 unspecified atom stereocenters. The van der Waals surface area contributed by atoms with E-state index >= 15 is 0 Å². The molecule has 2 aromatic heterocycles. The zero-order valence-electron chi connectivity index (χ0n) is 7.46. The highest BCUT2D eigenvalue weighted by atomic mass is 79.9. The summed E-state index contributed by atoms with van der Waals surface area (Å²) in [5.41, 5.74) is 1.34. The summed E-state index contributed by atoms with van der Waals surface area (Å²) in [7, 11) is 0. The number of halogens is 2. The van der Waals surface area contributed by atoms with E-state index in [4.69, 9.17) is 0 Å². The Labute approximate surface area is 108 Å². The molecule has 4 heteroatoms. The summed E-state index contributed by atoms with van der Waals surface area (Å²) in [6.07, 6.45) is 0. The van der Waals surface area contributed by atoms with Crippen LogP contribution in [0.4, 0.5) is 0 Å². The van der Waals surface area contributed by atoms with Crippen LogP contribution in [-0.2, 0) is 0 Å². The molecule has 14 heavy (non-hydrogen) atoms. The molecule has 0 spiro atoms. The fourth-order valence-electron chi connectivity index (χ4n) is 1.19. The van der Waals surface area contributed by atoms with Crippen LogP contribution in [0, 0.1) is 6.92 Å². The topological polar surface area (TPSA) is 0 Å². The molecule has 74 valence electrons. The number of hydrogen-bond donors (Lipinski definition) is 0. The Bertz CT molecular complexity index is 391. The van der Waals surface area contributed by atoms with Gasteiger partial charge in [0.2, 0.25) is 0 Å². The van der Waals surface area contributed by atoms with Crippen molar-refractivity contribution in [1.82, 2.24) is 0 Å². The molecule has 0 saturated heterocycles. The highest BCUT2D eigenvalue weighted by molar-refractivity contribution is 9.11. The van der Waals surface area contributed by atoms with Gasteiger partial charge >= 0.3 is 0 Å². The number of alkyl halides is 1. The molecule has 0 amide bonds. The molecule has 0 N–H and O–H groups in total. The molecule has 0 saturated carbocycles. The maximum atomic E-state index is 3.72. The second kappa shape index (κ2) is 4.47. The van der Waals surface area contributed by atoms with Gasteiger partial charge in [-0.2, -0.15) is 0 Å². The van der Waals surface area contributed by atoms with E-state index in [1.54, 1.807) is 22.7 Å². The van der Waals surface area contributed by atoms with E-state index in [9.17, 15) is 0 Å². The SMILES string of the molecule is Cc1csc(C(Br)c2ccc(Br)s2)c1. The van der Waals surface area contributed by atoms with Crippen LogP contribution in [-0.4, -0.2) is 0 Å². The first-order chi connectivity index (χ1) is 6.66. The Kier molecular flexibility index (Phi) is 3.47. The van der Waals surface area contributed by atoms with Gasteiger partial charge in [-0.1, -0.05) is 15.9 Å². The first-order valence-electron chi connectivity index (χ1n) is 4.11. The Hall–Kier alpha value is 0.360. The van der Waals surface area contributed by atoms with Crippen molar-refractivity contribution in [3.8, 4) is 0 Å². The second-order valence-corrected chi connectivity index (χ2v) is 7.38. The Morgan fingerprint density at radius 1 is 1.29 bits per heavy atom. The van der Waals surface area contributed by atoms with Gasteiger partial charge in [0.25, 0.3) is 0 Å². The van der Waals surface area contributed by atoms with Gasteiger partial charge in [-0.3, -0.25) is 0 Å². The quantitative estimate of drug-likeness (QED) is 0.638. The van der Waals surface area contributed by atoms with Crippen LogP contribution in [0.25, 0.3) is 0 Å². The van der Waals surface area contributed by atoms with E-state index in [-0.39, 0.29) is 0 Å². The molecule has 0 aliphatic heterocycles. The van der Waals surface area contributed by atoms with Crippen molar-refractivity contribution in [1.29, 1.82) is 0 Å². The van der Waals surface area contributed by atoms with Crippen molar-refractivity contribution in [3.63, 3.8) is 0 Å². The number of hydrogen-bond acceptors (Lipinski definition) is 2. The van der Waals surface area contributed by atoms with Gasteiger partial charge in [-0.15, -0.1) is 22.7 Å². The predicted octanol–water partition coefficient (Wildman–Crippen LogP) is 5.36. The maximum Gasteiger partial charge on any atom is 0.0831 e. The molecule has 2 aromatic rings. The lowest BCUT2D eigenvalue weighted by atomic mass is 10.2. The highest BCUT2D eigenvalue weighted by Crippen LogP contribution is 2.39. The largest absolute Gasteiger partial charge is 0.147 e. The van der Waals surface area contributed by atoms with Gasteiger partial charge in [-0.05, 0) is 52.0 Å². The molecule has 0 aliphatic rings.